The van der Waals surface area contributed by atoms with Crippen molar-refractivity contribution in [3.63, 3.8) is 0 Å². The van der Waals surface area contributed by atoms with Gasteiger partial charge in [0.15, 0.2) is 5.82 Å². The van der Waals surface area contributed by atoms with Gasteiger partial charge in [-0.2, -0.15) is 4.98 Å². The minimum Gasteiger partial charge on any atom is -0.339 e. The summed E-state index contributed by atoms with van der Waals surface area (Å²) in [6.07, 6.45) is 1.48. The summed E-state index contributed by atoms with van der Waals surface area (Å²) in [4.78, 5) is 8.03. The smallest absolute Gasteiger partial charge is 0.239 e. The number of halogens is 2. The third kappa shape index (κ3) is 2.90. The van der Waals surface area contributed by atoms with Crippen molar-refractivity contribution >= 4 is 45.0 Å². The van der Waals surface area contributed by atoms with E-state index in [2.05, 4.69) is 36.6 Å². The van der Waals surface area contributed by atoms with Crippen molar-refractivity contribution in [2.75, 3.05) is 10.7 Å². The Bertz CT molecular complexity index is 575. The number of nitrogens with two attached hydrogens (primary N) is 1. The molecule has 18 heavy (non-hydrogen) atoms. The second-order valence-corrected chi connectivity index (χ2v) is 4.88. The van der Waals surface area contributed by atoms with Gasteiger partial charge in [0.25, 0.3) is 0 Å². The summed E-state index contributed by atoms with van der Waals surface area (Å²) in [5.41, 5.74) is 4.39. The van der Waals surface area contributed by atoms with Gasteiger partial charge in [0.05, 0.1) is 6.20 Å². The lowest BCUT2D eigenvalue weighted by Gasteiger charge is -2.09. The van der Waals surface area contributed by atoms with Gasteiger partial charge >= 0.3 is 0 Å². The van der Waals surface area contributed by atoms with Crippen LogP contribution in [0.25, 0.3) is 0 Å². The van der Waals surface area contributed by atoms with E-state index in [1.54, 1.807) is 0 Å². The molecule has 0 amide bonds. The highest BCUT2D eigenvalue weighted by Gasteiger charge is 2.06. The molecule has 2 aromatic rings. The SMILES string of the molecule is Cc1ccc(Nc2nc(NN)ncc2Cl)cc1Br. The predicted molar refractivity (Wildman–Crippen MR) is 77.0 cm³/mol. The molecule has 0 aliphatic carbocycles. The first-order valence-electron chi connectivity index (χ1n) is 5.12. The Balaban J connectivity index is 2.30. The van der Waals surface area contributed by atoms with Crippen molar-refractivity contribution in [1.29, 1.82) is 0 Å². The summed E-state index contributed by atoms with van der Waals surface area (Å²) in [6, 6.07) is 5.88. The lowest BCUT2D eigenvalue weighted by atomic mass is 10.2. The van der Waals surface area contributed by atoms with Crippen LogP contribution in [0, 0.1) is 6.92 Å². The number of nitrogens with zero attached hydrogens (tertiary/aromatic N) is 2. The van der Waals surface area contributed by atoms with Gasteiger partial charge in [-0.25, -0.2) is 10.8 Å². The summed E-state index contributed by atoms with van der Waals surface area (Å²) >= 11 is 9.47. The van der Waals surface area contributed by atoms with Crippen LogP contribution in [0.5, 0.6) is 0 Å². The Morgan fingerprint density at radius 2 is 2.17 bits per heavy atom. The van der Waals surface area contributed by atoms with Crippen LogP contribution in [-0.2, 0) is 0 Å². The maximum absolute atomic E-state index is 6.01. The second kappa shape index (κ2) is 5.51. The number of anilines is 3. The van der Waals surface area contributed by atoms with Crippen LogP contribution in [0.3, 0.4) is 0 Å². The van der Waals surface area contributed by atoms with E-state index < -0.39 is 0 Å². The van der Waals surface area contributed by atoms with Crippen molar-refractivity contribution in [1.82, 2.24) is 9.97 Å². The number of nitrogen functional groups attached to an aromatic ring is 1. The van der Waals surface area contributed by atoms with Crippen LogP contribution in [-0.4, -0.2) is 9.97 Å². The number of hydrogen-bond acceptors (Lipinski definition) is 5. The summed E-state index contributed by atoms with van der Waals surface area (Å²) in [6.45, 7) is 2.02. The maximum atomic E-state index is 6.01. The lowest BCUT2D eigenvalue weighted by Crippen LogP contribution is -2.11. The molecule has 1 heterocycles. The first kappa shape index (κ1) is 13.1. The van der Waals surface area contributed by atoms with Gasteiger partial charge in [-0.05, 0) is 24.6 Å². The summed E-state index contributed by atoms with van der Waals surface area (Å²) < 4.78 is 1.01. The highest BCUT2D eigenvalue weighted by molar-refractivity contribution is 9.10. The maximum Gasteiger partial charge on any atom is 0.239 e. The van der Waals surface area contributed by atoms with Gasteiger partial charge in [0, 0.05) is 10.2 Å². The average Bonchev–Trinajstić information content (AvgIpc) is 2.36. The average molecular weight is 329 g/mol. The van der Waals surface area contributed by atoms with Crippen LogP contribution in [0.1, 0.15) is 5.56 Å². The zero-order chi connectivity index (χ0) is 13.1. The monoisotopic (exact) mass is 327 g/mol. The molecule has 1 aromatic heterocycles. The molecule has 0 aliphatic heterocycles. The molecular formula is C11H11BrClN5. The van der Waals surface area contributed by atoms with Crippen LogP contribution >= 0.6 is 27.5 Å². The van der Waals surface area contributed by atoms with Gasteiger partial charge in [-0.15, -0.1) is 0 Å². The third-order valence-corrected chi connectivity index (χ3v) is 3.44. The molecule has 0 bridgehead atoms. The quantitative estimate of drug-likeness (QED) is 0.596. The molecular weight excluding hydrogens is 318 g/mol. The molecule has 0 saturated heterocycles. The second-order valence-electron chi connectivity index (χ2n) is 3.62. The van der Waals surface area contributed by atoms with E-state index in [-0.39, 0.29) is 0 Å². The molecule has 0 unspecified atom stereocenters. The Kier molecular flexibility index (Phi) is 4.00. The van der Waals surface area contributed by atoms with E-state index in [0.29, 0.717) is 16.8 Å². The highest BCUT2D eigenvalue weighted by Crippen LogP contribution is 2.26. The van der Waals surface area contributed by atoms with Gasteiger partial charge in [0.1, 0.15) is 5.02 Å². The van der Waals surface area contributed by atoms with E-state index in [1.807, 2.05) is 25.1 Å². The van der Waals surface area contributed by atoms with Gasteiger partial charge < -0.3 is 5.32 Å². The minimum absolute atomic E-state index is 0.299. The molecule has 0 saturated carbocycles. The largest absolute Gasteiger partial charge is 0.339 e. The number of aryl methyl sites for hydroxylation is 1. The van der Waals surface area contributed by atoms with E-state index in [0.717, 1.165) is 15.7 Å². The van der Waals surface area contributed by atoms with E-state index in [1.165, 1.54) is 6.20 Å². The van der Waals surface area contributed by atoms with Crippen molar-refractivity contribution in [3.8, 4) is 0 Å². The molecule has 4 N–H and O–H groups in total. The van der Waals surface area contributed by atoms with E-state index >= 15 is 0 Å². The van der Waals surface area contributed by atoms with Crippen molar-refractivity contribution < 1.29 is 0 Å². The molecule has 1 aromatic carbocycles. The number of benzene rings is 1. The van der Waals surface area contributed by atoms with Crippen LogP contribution in [0.4, 0.5) is 17.5 Å². The van der Waals surface area contributed by atoms with Gasteiger partial charge in [-0.3, -0.25) is 5.43 Å². The van der Waals surface area contributed by atoms with Gasteiger partial charge in [-0.1, -0.05) is 33.6 Å². The molecule has 0 radical (unpaired) electrons. The molecule has 0 aliphatic rings. The van der Waals surface area contributed by atoms with Crippen LogP contribution in [0.15, 0.2) is 28.9 Å². The van der Waals surface area contributed by atoms with Crippen LogP contribution in [0.2, 0.25) is 5.02 Å². The molecule has 2 rings (SSSR count). The number of nitrogens with one attached hydrogen (secondary N) is 2. The first-order valence-corrected chi connectivity index (χ1v) is 6.29. The molecule has 5 nitrogen and oxygen atoms in total. The highest BCUT2D eigenvalue weighted by atomic mass is 79.9. The molecule has 7 heteroatoms. The Morgan fingerprint density at radius 1 is 1.39 bits per heavy atom. The zero-order valence-electron chi connectivity index (χ0n) is 9.54. The molecule has 94 valence electrons. The predicted octanol–water partition coefficient (Wildman–Crippen LogP) is 3.23. The fraction of sp³-hybridized carbons (Fsp3) is 0.0909. The number of hydrogen-bond donors (Lipinski definition) is 3. The summed E-state index contributed by atoms with van der Waals surface area (Å²) in [5.74, 6) is 6.05. The standard InChI is InChI=1S/C11H11BrClN5/c1-6-2-3-7(4-8(6)12)16-10-9(13)5-15-11(17-10)18-14/h2-5H,14H2,1H3,(H2,15,16,17,18). The normalized spacial score (nSPS) is 10.2. The summed E-state index contributed by atoms with van der Waals surface area (Å²) in [5, 5.41) is 3.53. The molecule has 0 atom stereocenters. The number of rotatable bonds is 3. The minimum atomic E-state index is 0.299. The number of hydrazine groups is 1. The fourth-order valence-corrected chi connectivity index (χ4v) is 1.85. The zero-order valence-corrected chi connectivity index (χ0v) is 11.9. The Labute approximate surface area is 118 Å². The van der Waals surface area contributed by atoms with Crippen molar-refractivity contribution in [2.24, 2.45) is 5.84 Å². The first-order chi connectivity index (χ1) is 8.60. The molecule has 0 fully saturated rings. The number of aromatic nitrogens is 2. The molecule has 0 spiro atoms. The van der Waals surface area contributed by atoms with Crippen molar-refractivity contribution in [3.05, 3.63) is 39.5 Å². The third-order valence-electron chi connectivity index (χ3n) is 2.31. The van der Waals surface area contributed by atoms with Gasteiger partial charge in [0.2, 0.25) is 5.95 Å². The Hall–Kier alpha value is -1.37. The summed E-state index contributed by atoms with van der Waals surface area (Å²) in [7, 11) is 0. The topological polar surface area (TPSA) is 75.9 Å². The van der Waals surface area contributed by atoms with Crippen molar-refractivity contribution in [2.45, 2.75) is 6.92 Å². The Morgan fingerprint density at radius 3 is 2.83 bits per heavy atom. The van der Waals surface area contributed by atoms with E-state index in [9.17, 15) is 0 Å². The van der Waals surface area contributed by atoms with E-state index in [4.69, 9.17) is 17.4 Å². The lowest BCUT2D eigenvalue weighted by molar-refractivity contribution is 1.12. The van der Waals surface area contributed by atoms with Crippen LogP contribution < -0.4 is 16.6 Å². The fourth-order valence-electron chi connectivity index (χ4n) is 1.33.